The average molecular weight is 256 g/mol. The Morgan fingerprint density at radius 1 is 1.65 bits per heavy atom. The molecule has 2 aliphatic rings. The van der Waals surface area contributed by atoms with Gasteiger partial charge in [-0.15, -0.1) is 0 Å². The molecule has 3 rings (SSSR count). The number of aromatic nitrogens is 1. The van der Waals surface area contributed by atoms with Crippen LogP contribution in [0, 0.1) is 5.92 Å². The molecule has 0 radical (unpaired) electrons. The van der Waals surface area contributed by atoms with Gasteiger partial charge in [-0.25, -0.2) is 0 Å². The lowest BCUT2D eigenvalue weighted by atomic mass is 9.72. The summed E-state index contributed by atoms with van der Waals surface area (Å²) in [5.74, 6) is 0.207. The first-order valence-electron chi connectivity index (χ1n) is 5.69. The van der Waals surface area contributed by atoms with Gasteiger partial charge in [-0.1, -0.05) is 11.6 Å². The summed E-state index contributed by atoms with van der Waals surface area (Å²) in [6, 6.07) is 1.50. The van der Waals surface area contributed by atoms with Gasteiger partial charge in [0.25, 0.3) is 5.91 Å². The van der Waals surface area contributed by atoms with E-state index in [0.717, 1.165) is 13.0 Å². The van der Waals surface area contributed by atoms with E-state index >= 15 is 0 Å². The Labute approximate surface area is 104 Å². The molecule has 1 aromatic rings. The van der Waals surface area contributed by atoms with Gasteiger partial charge in [-0.2, -0.15) is 0 Å². The number of fused-ring (bicyclic) bond motifs is 1. The maximum atomic E-state index is 11.9. The summed E-state index contributed by atoms with van der Waals surface area (Å²) in [5, 5.41) is 3.41. The first-order chi connectivity index (χ1) is 8.16. The molecule has 2 heterocycles. The molecule has 1 saturated heterocycles. The summed E-state index contributed by atoms with van der Waals surface area (Å²) < 4.78 is 5.55. The topological polar surface area (TPSA) is 80.1 Å². The van der Waals surface area contributed by atoms with Crippen molar-refractivity contribution in [3.8, 4) is 0 Å². The number of carbonyl (C=O) groups excluding carboxylic acids is 1. The zero-order valence-corrected chi connectivity index (χ0v) is 9.91. The molecule has 0 aromatic carbocycles. The molecule has 6 heteroatoms. The van der Waals surface area contributed by atoms with E-state index in [1.54, 1.807) is 12.3 Å². The minimum Gasteiger partial charge on any atom is -0.376 e. The fourth-order valence-electron chi connectivity index (χ4n) is 2.66. The summed E-state index contributed by atoms with van der Waals surface area (Å²) in [7, 11) is 0. The van der Waals surface area contributed by atoms with Crippen molar-refractivity contribution in [2.24, 2.45) is 11.7 Å². The van der Waals surface area contributed by atoms with Crippen LogP contribution in [-0.4, -0.2) is 35.7 Å². The average Bonchev–Trinajstić information content (AvgIpc) is 2.92. The molecule has 5 nitrogen and oxygen atoms in total. The van der Waals surface area contributed by atoms with E-state index in [1.165, 1.54) is 0 Å². The molecule has 4 atom stereocenters. The number of hydrogen-bond donors (Lipinski definition) is 3. The van der Waals surface area contributed by atoms with E-state index in [1.807, 2.05) is 0 Å². The first-order valence-corrected chi connectivity index (χ1v) is 6.06. The number of halogens is 1. The van der Waals surface area contributed by atoms with Crippen molar-refractivity contribution in [1.29, 1.82) is 0 Å². The van der Waals surface area contributed by atoms with Gasteiger partial charge in [-0.05, 0) is 12.5 Å². The second-order valence-electron chi connectivity index (χ2n) is 4.60. The fourth-order valence-corrected chi connectivity index (χ4v) is 2.82. The van der Waals surface area contributed by atoms with Crippen LogP contribution < -0.4 is 11.1 Å². The number of hydrogen-bond acceptors (Lipinski definition) is 3. The zero-order valence-electron chi connectivity index (χ0n) is 9.15. The zero-order chi connectivity index (χ0) is 12.0. The fraction of sp³-hybridized carbons (Fsp3) is 0.545. The Bertz CT molecular complexity index is 448. The Balaban J connectivity index is 1.66. The van der Waals surface area contributed by atoms with E-state index < -0.39 is 0 Å². The highest BCUT2D eigenvalue weighted by Crippen LogP contribution is 2.37. The van der Waals surface area contributed by atoms with Gasteiger partial charge >= 0.3 is 0 Å². The van der Waals surface area contributed by atoms with Gasteiger partial charge in [0.15, 0.2) is 0 Å². The molecule has 2 fully saturated rings. The van der Waals surface area contributed by atoms with Crippen LogP contribution in [0.15, 0.2) is 12.3 Å². The Hall–Kier alpha value is -1.04. The molecule has 92 valence electrons. The van der Waals surface area contributed by atoms with Crippen LogP contribution in [0.5, 0.6) is 0 Å². The number of aromatic amines is 1. The quantitative estimate of drug-likeness (QED) is 0.721. The van der Waals surface area contributed by atoms with Crippen molar-refractivity contribution in [2.45, 2.75) is 24.6 Å². The van der Waals surface area contributed by atoms with Crippen LogP contribution in [0.25, 0.3) is 0 Å². The second kappa shape index (κ2) is 4.01. The summed E-state index contributed by atoms with van der Waals surface area (Å²) in [5.41, 5.74) is 6.46. The molecule has 1 aliphatic heterocycles. The third kappa shape index (κ3) is 1.74. The number of nitrogens with two attached hydrogens (primary N) is 1. The van der Waals surface area contributed by atoms with Crippen molar-refractivity contribution in [2.75, 3.05) is 6.61 Å². The first kappa shape index (κ1) is 11.1. The van der Waals surface area contributed by atoms with E-state index in [2.05, 4.69) is 10.3 Å². The SMILES string of the molecule is NC1C2CCOC2C1NC(=O)c1cc(Cl)c[nH]1. The standard InChI is InChI=1S/C11H14ClN3O2/c12-5-3-7(14-4-5)11(16)15-9-8(13)6-1-2-17-10(6)9/h3-4,6,8-10,14H,1-2,13H2,(H,15,16). The van der Waals surface area contributed by atoms with Crippen molar-refractivity contribution in [3.05, 3.63) is 23.0 Å². The molecule has 0 spiro atoms. The molecule has 0 bridgehead atoms. The van der Waals surface area contributed by atoms with Crippen molar-refractivity contribution in [1.82, 2.24) is 10.3 Å². The van der Waals surface area contributed by atoms with E-state index in [0.29, 0.717) is 16.6 Å². The summed E-state index contributed by atoms with van der Waals surface area (Å²) in [6.07, 6.45) is 2.65. The smallest absolute Gasteiger partial charge is 0.268 e. The predicted octanol–water partition coefficient (Wildman–Crippen LogP) is 0.512. The molecular formula is C11H14ClN3O2. The third-order valence-corrected chi connectivity index (χ3v) is 3.85. The van der Waals surface area contributed by atoms with Crippen molar-refractivity contribution in [3.63, 3.8) is 0 Å². The van der Waals surface area contributed by atoms with Gasteiger partial charge in [0.1, 0.15) is 5.69 Å². The molecule has 1 amide bonds. The van der Waals surface area contributed by atoms with Gasteiger partial charge in [-0.3, -0.25) is 4.79 Å². The van der Waals surface area contributed by atoms with Gasteiger partial charge in [0.05, 0.1) is 17.2 Å². The van der Waals surface area contributed by atoms with Crippen LogP contribution >= 0.6 is 11.6 Å². The highest BCUT2D eigenvalue weighted by atomic mass is 35.5. The molecular weight excluding hydrogens is 242 g/mol. The Morgan fingerprint density at radius 3 is 3.18 bits per heavy atom. The highest BCUT2D eigenvalue weighted by molar-refractivity contribution is 6.30. The van der Waals surface area contributed by atoms with Crippen LogP contribution in [0.1, 0.15) is 16.9 Å². The number of ether oxygens (including phenoxy) is 1. The lowest BCUT2D eigenvalue weighted by Crippen LogP contribution is -2.68. The molecule has 1 saturated carbocycles. The maximum absolute atomic E-state index is 11.9. The van der Waals surface area contributed by atoms with Crippen molar-refractivity contribution < 1.29 is 9.53 Å². The van der Waals surface area contributed by atoms with Crippen LogP contribution in [0.3, 0.4) is 0 Å². The number of nitrogens with one attached hydrogen (secondary N) is 2. The summed E-state index contributed by atoms with van der Waals surface area (Å²) in [6.45, 7) is 0.740. The Morgan fingerprint density at radius 2 is 2.47 bits per heavy atom. The maximum Gasteiger partial charge on any atom is 0.268 e. The normalized spacial score (nSPS) is 35.2. The number of carbonyl (C=O) groups is 1. The predicted molar refractivity (Wildman–Crippen MR) is 62.9 cm³/mol. The number of H-pyrrole nitrogens is 1. The van der Waals surface area contributed by atoms with Crippen LogP contribution in [0.2, 0.25) is 5.02 Å². The third-order valence-electron chi connectivity index (χ3n) is 3.64. The largest absolute Gasteiger partial charge is 0.376 e. The monoisotopic (exact) mass is 255 g/mol. The minimum atomic E-state index is -0.189. The van der Waals surface area contributed by atoms with E-state index in [9.17, 15) is 4.79 Å². The molecule has 4 unspecified atom stereocenters. The Kier molecular flexibility index (Phi) is 2.61. The lowest BCUT2D eigenvalue weighted by molar-refractivity contribution is -0.0161. The molecule has 17 heavy (non-hydrogen) atoms. The minimum absolute atomic E-state index is 0.00289. The molecule has 4 N–H and O–H groups in total. The number of rotatable bonds is 2. The summed E-state index contributed by atoms with van der Waals surface area (Å²) >= 11 is 5.75. The van der Waals surface area contributed by atoms with Crippen LogP contribution in [-0.2, 0) is 4.74 Å². The van der Waals surface area contributed by atoms with Gasteiger partial charge < -0.3 is 20.8 Å². The van der Waals surface area contributed by atoms with Gasteiger partial charge in [0.2, 0.25) is 0 Å². The lowest BCUT2D eigenvalue weighted by Gasteiger charge is -2.45. The van der Waals surface area contributed by atoms with E-state index in [4.69, 9.17) is 22.1 Å². The van der Waals surface area contributed by atoms with Crippen molar-refractivity contribution >= 4 is 17.5 Å². The van der Waals surface area contributed by atoms with E-state index in [-0.39, 0.29) is 24.1 Å². The second-order valence-corrected chi connectivity index (χ2v) is 5.03. The van der Waals surface area contributed by atoms with Gasteiger partial charge in [0, 0.05) is 24.8 Å². The molecule has 1 aliphatic carbocycles. The van der Waals surface area contributed by atoms with Crippen LogP contribution in [0.4, 0.5) is 0 Å². The molecule has 1 aromatic heterocycles. The highest BCUT2D eigenvalue weighted by Gasteiger charge is 2.52. The number of amides is 1. The summed E-state index contributed by atoms with van der Waals surface area (Å²) in [4.78, 5) is 14.7.